The maximum absolute atomic E-state index is 13.4. The van der Waals surface area contributed by atoms with E-state index in [1.54, 1.807) is 18.2 Å². The molecule has 0 saturated carbocycles. The summed E-state index contributed by atoms with van der Waals surface area (Å²) >= 11 is 21.6. The van der Waals surface area contributed by atoms with Crippen LogP contribution in [-0.4, -0.2) is 72.0 Å². The number of aromatic nitrogens is 1. The Kier molecular flexibility index (Phi) is 10.2. The number of nitrogens with zero attached hydrogens (tertiary/aromatic N) is 3. The van der Waals surface area contributed by atoms with Gasteiger partial charge in [0.05, 0.1) is 21.3 Å². The predicted octanol–water partition coefficient (Wildman–Crippen LogP) is 6.05. The van der Waals surface area contributed by atoms with E-state index < -0.39 is 11.8 Å². The molecule has 1 fully saturated rings. The van der Waals surface area contributed by atoms with Crippen LogP contribution in [0.25, 0.3) is 0 Å². The van der Waals surface area contributed by atoms with Crippen LogP contribution in [0.3, 0.4) is 0 Å². The number of benzene rings is 1. The number of piperazine rings is 1. The zero-order valence-corrected chi connectivity index (χ0v) is 24.6. The van der Waals surface area contributed by atoms with Crippen molar-refractivity contribution in [2.75, 3.05) is 56.1 Å². The lowest BCUT2D eigenvalue weighted by Gasteiger charge is -2.32. The third-order valence-corrected chi connectivity index (χ3v) is 8.21. The molecule has 1 aliphatic heterocycles. The van der Waals surface area contributed by atoms with E-state index in [0.717, 1.165) is 31.7 Å². The summed E-state index contributed by atoms with van der Waals surface area (Å²) in [6.45, 7) is 4.51. The zero-order valence-electron chi connectivity index (χ0n) is 20.7. The standard InChI is InChI=1S/C25H26Cl3N5O3S2/c1-32-5-7-33(8-6-32)12-15-13-38-23(21(15)28)25(35)31-22-18(9-17(27)10-19(22)36-14-37-2)24(34)30-20-4-3-16(26)11-29-20/h3-4,9-11,13H,5-8,12,14H2,1-2H3,(H,31,35)(H,29,30,34). The second-order valence-corrected chi connectivity index (χ2v) is 11.6. The number of ether oxygens (including phenoxy) is 1. The molecule has 13 heteroatoms. The maximum Gasteiger partial charge on any atom is 0.267 e. The van der Waals surface area contributed by atoms with Gasteiger partial charge in [-0.25, -0.2) is 4.98 Å². The first kappa shape index (κ1) is 28.9. The normalized spacial score (nSPS) is 14.3. The molecule has 8 nitrogen and oxygen atoms in total. The quantitative estimate of drug-likeness (QED) is 0.284. The third-order valence-electron chi connectivity index (χ3n) is 5.85. The fraction of sp³-hybridized carbons (Fsp3) is 0.320. The Morgan fingerprint density at radius 1 is 1.08 bits per heavy atom. The van der Waals surface area contributed by atoms with Crippen molar-refractivity contribution in [2.24, 2.45) is 0 Å². The first-order valence-electron chi connectivity index (χ1n) is 11.6. The van der Waals surface area contributed by atoms with E-state index in [-0.39, 0.29) is 33.8 Å². The van der Waals surface area contributed by atoms with E-state index in [4.69, 9.17) is 39.5 Å². The molecule has 3 heterocycles. The second-order valence-electron chi connectivity index (χ2n) is 8.63. The van der Waals surface area contributed by atoms with Crippen molar-refractivity contribution in [3.63, 3.8) is 0 Å². The Morgan fingerprint density at radius 2 is 1.84 bits per heavy atom. The minimum absolute atomic E-state index is 0.115. The monoisotopic (exact) mass is 613 g/mol. The van der Waals surface area contributed by atoms with Crippen molar-refractivity contribution in [1.82, 2.24) is 14.8 Å². The molecule has 0 spiro atoms. The second kappa shape index (κ2) is 13.3. The fourth-order valence-electron chi connectivity index (χ4n) is 3.82. The zero-order chi connectivity index (χ0) is 27.2. The summed E-state index contributed by atoms with van der Waals surface area (Å²) in [6.07, 6.45) is 3.29. The first-order chi connectivity index (χ1) is 18.2. The summed E-state index contributed by atoms with van der Waals surface area (Å²) < 4.78 is 5.82. The summed E-state index contributed by atoms with van der Waals surface area (Å²) in [6, 6.07) is 6.20. The molecule has 4 rings (SSSR count). The number of nitrogens with one attached hydrogen (secondary N) is 2. The highest BCUT2D eigenvalue weighted by Crippen LogP contribution is 2.36. The van der Waals surface area contributed by atoms with Gasteiger partial charge in [0.1, 0.15) is 22.4 Å². The summed E-state index contributed by atoms with van der Waals surface area (Å²) in [5.74, 6) is -0.130. The average molecular weight is 615 g/mol. The Labute approximate surface area is 244 Å². The van der Waals surface area contributed by atoms with E-state index in [2.05, 4.69) is 32.5 Å². The Bertz CT molecular complexity index is 1300. The van der Waals surface area contributed by atoms with E-state index in [0.29, 0.717) is 21.5 Å². The largest absolute Gasteiger partial charge is 0.481 e. The molecule has 0 aliphatic carbocycles. The minimum Gasteiger partial charge on any atom is -0.481 e. The molecule has 0 unspecified atom stereocenters. The van der Waals surface area contributed by atoms with Crippen molar-refractivity contribution in [3.8, 4) is 5.75 Å². The number of thioether (sulfide) groups is 1. The Hall–Kier alpha value is -2.05. The van der Waals surface area contributed by atoms with E-state index in [1.807, 2.05) is 11.6 Å². The van der Waals surface area contributed by atoms with Gasteiger partial charge in [0.2, 0.25) is 0 Å². The third kappa shape index (κ3) is 7.32. The van der Waals surface area contributed by atoms with Crippen molar-refractivity contribution in [1.29, 1.82) is 0 Å². The molecular formula is C25H26Cl3N5O3S2. The summed E-state index contributed by atoms with van der Waals surface area (Å²) in [4.78, 5) is 35.7. The Morgan fingerprint density at radius 3 is 2.53 bits per heavy atom. The van der Waals surface area contributed by atoms with Gasteiger partial charge in [-0.15, -0.1) is 23.1 Å². The molecule has 1 saturated heterocycles. The van der Waals surface area contributed by atoms with Gasteiger partial charge in [0, 0.05) is 50.0 Å². The van der Waals surface area contributed by atoms with Crippen LogP contribution in [0.2, 0.25) is 15.1 Å². The molecule has 2 N–H and O–H groups in total. The van der Waals surface area contributed by atoms with Crippen molar-refractivity contribution in [3.05, 3.63) is 66.9 Å². The van der Waals surface area contributed by atoms with Gasteiger partial charge in [-0.1, -0.05) is 34.8 Å². The van der Waals surface area contributed by atoms with E-state index >= 15 is 0 Å². The SMILES string of the molecule is CSCOc1cc(Cl)cc(C(=O)Nc2ccc(Cl)cn2)c1NC(=O)c1scc(CN2CCN(C)CC2)c1Cl. The number of rotatable bonds is 9. The van der Waals surface area contributed by atoms with Crippen LogP contribution in [0.1, 0.15) is 25.6 Å². The number of likely N-dealkylation sites (N-methyl/N-ethyl adjacent to an activating group) is 1. The summed E-state index contributed by atoms with van der Waals surface area (Å²) in [5.41, 5.74) is 1.20. The number of anilines is 2. The molecule has 0 bridgehead atoms. The number of hydrogen-bond acceptors (Lipinski definition) is 8. The number of amides is 2. The van der Waals surface area contributed by atoms with Crippen LogP contribution in [0, 0.1) is 0 Å². The molecule has 2 amide bonds. The van der Waals surface area contributed by atoms with Crippen LogP contribution in [0.5, 0.6) is 5.75 Å². The average Bonchev–Trinajstić information content (AvgIpc) is 3.26. The van der Waals surface area contributed by atoms with Crippen LogP contribution in [0.4, 0.5) is 11.5 Å². The number of carbonyl (C=O) groups is 2. The van der Waals surface area contributed by atoms with Crippen LogP contribution in [0.15, 0.2) is 35.8 Å². The van der Waals surface area contributed by atoms with Crippen LogP contribution < -0.4 is 15.4 Å². The van der Waals surface area contributed by atoms with Crippen LogP contribution >= 0.6 is 57.9 Å². The maximum atomic E-state index is 13.4. The summed E-state index contributed by atoms with van der Waals surface area (Å²) in [5, 5.41) is 8.57. The van der Waals surface area contributed by atoms with Crippen molar-refractivity contribution >= 4 is 81.2 Å². The van der Waals surface area contributed by atoms with Gasteiger partial charge in [-0.05, 0) is 42.4 Å². The van der Waals surface area contributed by atoms with Crippen LogP contribution in [-0.2, 0) is 6.54 Å². The highest BCUT2D eigenvalue weighted by Gasteiger charge is 2.25. The fourth-order valence-corrected chi connectivity index (χ4v) is 5.62. The lowest BCUT2D eigenvalue weighted by atomic mass is 10.1. The number of pyridine rings is 1. The molecule has 0 atom stereocenters. The molecule has 0 radical (unpaired) electrons. The van der Waals surface area contributed by atoms with Gasteiger partial charge in [-0.3, -0.25) is 14.5 Å². The molecule has 2 aromatic heterocycles. The number of halogens is 3. The van der Waals surface area contributed by atoms with Gasteiger partial charge < -0.3 is 20.3 Å². The highest BCUT2D eigenvalue weighted by atomic mass is 35.5. The van der Waals surface area contributed by atoms with Crippen molar-refractivity contribution < 1.29 is 14.3 Å². The minimum atomic E-state index is -0.528. The topological polar surface area (TPSA) is 86.8 Å². The van der Waals surface area contributed by atoms with E-state index in [9.17, 15) is 9.59 Å². The van der Waals surface area contributed by atoms with Gasteiger partial charge in [0.15, 0.2) is 0 Å². The number of thiophene rings is 1. The molecule has 1 aromatic carbocycles. The lowest BCUT2D eigenvalue weighted by molar-refractivity contribution is 0.102. The molecule has 3 aromatic rings. The molecule has 38 heavy (non-hydrogen) atoms. The van der Waals surface area contributed by atoms with E-state index in [1.165, 1.54) is 35.4 Å². The smallest absolute Gasteiger partial charge is 0.267 e. The summed E-state index contributed by atoms with van der Waals surface area (Å²) in [7, 11) is 2.10. The van der Waals surface area contributed by atoms with Crippen molar-refractivity contribution in [2.45, 2.75) is 6.54 Å². The first-order valence-corrected chi connectivity index (χ1v) is 15.0. The number of carbonyl (C=O) groups excluding carboxylic acids is 2. The Balaban J connectivity index is 1.59. The highest BCUT2D eigenvalue weighted by molar-refractivity contribution is 7.98. The lowest BCUT2D eigenvalue weighted by Crippen LogP contribution is -2.43. The molecular weight excluding hydrogens is 589 g/mol. The number of hydrogen-bond donors (Lipinski definition) is 2. The molecule has 1 aliphatic rings. The van der Waals surface area contributed by atoms with Gasteiger partial charge in [-0.2, -0.15) is 0 Å². The van der Waals surface area contributed by atoms with Gasteiger partial charge >= 0.3 is 0 Å². The molecule has 202 valence electrons. The predicted molar refractivity (Wildman–Crippen MR) is 158 cm³/mol. The van der Waals surface area contributed by atoms with Gasteiger partial charge in [0.25, 0.3) is 11.8 Å².